The number of thioether (sulfide) groups is 1. The van der Waals surface area contributed by atoms with E-state index in [1.807, 2.05) is 0 Å². The van der Waals surface area contributed by atoms with Gasteiger partial charge in [0.15, 0.2) is 0 Å². The van der Waals surface area contributed by atoms with E-state index in [2.05, 4.69) is 16.6 Å². The molecule has 0 saturated carbocycles. The van der Waals surface area contributed by atoms with Crippen molar-refractivity contribution < 1.29 is 9.53 Å². The summed E-state index contributed by atoms with van der Waals surface area (Å²) in [5.74, 6) is 0.538. The van der Waals surface area contributed by atoms with Crippen LogP contribution in [0, 0.1) is 0 Å². The van der Waals surface area contributed by atoms with E-state index in [1.54, 1.807) is 23.9 Å². The molecule has 1 heterocycles. The molecule has 0 aliphatic carbocycles. The number of rotatable bonds is 6. The lowest BCUT2D eigenvalue weighted by molar-refractivity contribution is 0.0593. The summed E-state index contributed by atoms with van der Waals surface area (Å²) in [4.78, 5) is 15.5. The minimum absolute atomic E-state index is 0.305. The third-order valence-electron chi connectivity index (χ3n) is 2.27. The van der Waals surface area contributed by atoms with Crippen molar-refractivity contribution in [3.05, 3.63) is 17.8 Å². The lowest BCUT2D eigenvalue weighted by Crippen LogP contribution is -2.06. The Hall–Kier alpha value is -1.23. The number of pyridine rings is 1. The molecule has 0 aromatic carbocycles. The van der Waals surface area contributed by atoms with Crippen LogP contribution in [-0.4, -0.2) is 23.8 Å². The van der Waals surface area contributed by atoms with Crippen molar-refractivity contribution in [3.63, 3.8) is 0 Å². The monoisotopic (exact) mass is 254 g/mol. The van der Waals surface area contributed by atoms with Crippen LogP contribution in [0.2, 0.25) is 0 Å². The summed E-state index contributed by atoms with van der Waals surface area (Å²) in [6.45, 7) is 2.16. The van der Waals surface area contributed by atoms with E-state index in [4.69, 9.17) is 5.73 Å². The van der Waals surface area contributed by atoms with Crippen LogP contribution in [0.3, 0.4) is 0 Å². The highest BCUT2D eigenvalue weighted by atomic mass is 32.2. The first-order valence-corrected chi connectivity index (χ1v) is 6.65. The van der Waals surface area contributed by atoms with Gasteiger partial charge in [-0.15, -0.1) is 11.8 Å². The second kappa shape index (κ2) is 7.17. The van der Waals surface area contributed by atoms with Crippen LogP contribution < -0.4 is 5.73 Å². The summed E-state index contributed by atoms with van der Waals surface area (Å²) in [6, 6.07) is 3.28. The molecular formula is C12H18N2O2S. The van der Waals surface area contributed by atoms with Crippen molar-refractivity contribution in [1.82, 2.24) is 4.98 Å². The first-order chi connectivity index (χ1) is 8.19. The van der Waals surface area contributed by atoms with E-state index in [0.29, 0.717) is 16.4 Å². The van der Waals surface area contributed by atoms with Crippen LogP contribution in [0.15, 0.2) is 17.2 Å². The van der Waals surface area contributed by atoms with Gasteiger partial charge in [0.25, 0.3) is 0 Å². The molecule has 4 nitrogen and oxygen atoms in total. The number of aromatic nitrogens is 1. The summed E-state index contributed by atoms with van der Waals surface area (Å²) in [5, 5.41) is 0.712. The number of ether oxygens (including phenoxy) is 1. The van der Waals surface area contributed by atoms with E-state index in [0.717, 1.165) is 12.2 Å². The highest BCUT2D eigenvalue weighted by Crippen LogP contribution is 2.24. The van der Waals surface area contributed by atoms with Gasteiger partial charge >= 0.3 is 5.97 Å². The molecule has 0 aliphatic heterocycles. The maximum Gasteiger partial charge on any atom is 0.356 e. The molecule has 17 heavy (non-hydrogen) atoms. The van der Waals surface area contributed by atoms with E-state index in [9.17, 15) is 4.79 Å². The van der Waals surface area contributed by atoms with Crippen LogP contribution in [-0.2, 0) is 4.74 Å². The smallest absolute Gasteiger partial charge is 0.356 e. The van der Waals surface area contributed by atoms with Gasteiger partial charge in [-0.25, -0.2) is 9.78 Å². The second-order valence-corrected chi connectivity index (χ2v) is 4.72. The molecule has 0 bridgehead atoms. The Morgan fingerprint density at radius 3 is 2.88 bits per heavy atom. The number of unbranched alkanes of at least 4 members (excludes halogenated alkanes) is 2. The average Bonchev–Trinajstić information content (AvgIpc) is 2.35. The summed E-state index contributed by atoms with van der Waals surface area (Å²) in [6.07, 6.45) is 3.51. The molecule has 1 aromatic heterocycles. The summed E-state index contributed by atoms with van der Waals surface area (Å²) >= 11 is 1.59. The van der Waals surface area contributed by atoms with Crippen molar-refractivity contribution in [2.75, 3.05) is 18.6 Å². The van der Waals surface area contributed by atoms with Crippen molar-refractivity contribution in [2.24, 2.45) is 0 Å². The zero-order valence-electron chi connectivity index (χ0n) is 10.2. The van der Waals surface area contributed by atoms with Crippen LogP contribution in [0.4, 0.5) is 5.69 Å². The topological polar surface area (TPSA) is 65.2 Å². The maximum atomic E-state index is 11.3. The van der Waals surface area contributed by atoms with Crippen LogP contribution >= 0.6 is 11.8 Å². The molecule has 0 unspecified atom stereocenters. The Morgan fingerprint density at radius 2 is 2.24 bits per heavy atom. The van der Waals surface area contributed by atoms with E-state index in [1.165, 1.54) is 20.0 Å². The third-order valence-corrected chi connectivity index (χ3v) is 3.36. The summed E-state index contributed by atoms with van der Waals surface area (Å²) < 4.78 is 4.62. The highest BCUT2D eigenvalue weighted by Gasteiger charge is 2.10. The number of nitrogens with two attached hydrogens (primary N) is 1. The third kappa shape index (κ3) is 4.26. The van der Waals surface area contributed by atoms with Gasteiger partial charge in [0.1, 0.15) is 10.7 Å². The molecule has 5 heteroatoms. The Labute approximate surface area is 106 Å². The van der Waals surface area contributed by atoms with Gasteiger partial charge in [0, 0.05) is 0 Å². The maximum absolute atomic E-state index is 11.3. The predicted molar refractivity (Wildman–Crippen MR) is 70.2 cm³/mol. The largest absolute Gasteiger partial charge is 0.464 e. The standard InChI is InChI=1S/C12H18N2O2S/c1-3-4-5-8-17-11-9(13)6-7-10(14-11)12(15)16-2/h6-7H,3-5,8,13H2,1-2H3. The van der Waals surface area contributed by atoms with Crippen molar-refractivity contribution in [3.8, 4) is 0 Å². The Kier molecular flexibility index (Phi) is 5.83. The highest BCUT2D eigenvalue weighted by molar-refractivity contribution is 7.99. The minimum atomic E-state index is -0.430. The number of hydrogen-bond donors (Lipinski definition) is 1. The predicted octanol–water partition coefficient (Wildman–Crippen LogP) is 2.73. The molecule has 0 fully saturated rings. The molecule has 0 aliphatic rings. The number of nitrogen functional groups attached to an aromatic ring is 1. The molecule has 0 saturated heterocycles. The first-order valence-electron chi connectivity index (χ1n) is 5.66. The fourth-order valence-electron chi connectivity index (χ4n) is 1.31. The normalized spacial score (nSPS) is 10.2. The quantitative estimate of drug-likeness (QED) is 0.480. The number of anilines is 1. The first kappa shape index (κ1) is 13.8. The molecule has 1 rings (SSSR count). The van der Waals surface area contributed by atoms with E-state index >= 15 is 0 Å². The molecule has 0 radical (unpaired) electrons. The van der Waals surface area contributed by atoms with Gasteiger partial charge < -0.3 is 10.5 Å². The zero-order chi connectivity index (χ0) is 12.7. The number of esters is 1. The van der Waals surface area contributed by atoms with Crippen LogP contribution in [0.25, 0.3) is 0 Å². The molecule has 1 aromatic rings. The summed E-state index contributed by atoms with van der Waals surface area (Å²) in [5.41, 5.74) is 6.73. The van der Waals surface area contributed by atoms with Crippen LogP contribution in [0.1, 0.15) is 36.7 Å². The van der Waals surface area contributed by atoms with Gasteiger partial charge in [0.2, 0.25) is 0 Å². The van der Waals surface area contributed by atoms with Crippen molar-refractivity contribution >= 4 is 23.4 Å². The van der Waals surface area contributed by atoms with Crippen molar-refractivity contribution in [1.29, 1.82) is 0 Å². The van der Waals surface area contributed by atoms with Gasteiger partial charge in [-0.1, -0.05) is 19.8 Å². The Bertz CT molecular complexity index is 383. The molecule has 2 N–H and O–H groups in total. The number of hydrogen-bond acceptors (Lipinski definition) is 5. The number of carbonyl (C=O) groups is 1. The summed E-state index contributed by atoms with van der Waals surface area (Å²) in [7, 11) is 1.34. The Balaban J connectivity index is 2.66. The molecule has 0 amide bonds. The SMILES string of the molecule is CCCCCSc1nc(C(=O)OC)ccc1N. The average molecular weight is 254 g/mol. The Morgan fingerprint density at radius 1 is 1.47 bits per heavy atom. The molecule has 0 atom stereocenters. The number of nitrogens with zero attached hydrogens (tertiary/aromatic N) is 1. The van der Waals surface area contributed by atoms with Gasteiger partial charge in [0.05, 0.1) is 12.8 Å². The van der Waals surface area contributed by atoms with Gasteiger partial charge in [-0.3, -0.25) is 0 Å². The zero-order valence-corrected chi connectivity index (χ0v) is 11.0. The molecule has 0 spiro atoms. The molecule has 94 valence electrons. The number of carbonyl (C=O) groups excluding carboxylic acids is 1. The van der Waals surface area contributed by atoms with Crippen LogP contribution in [0.5, 0.6) is 0 Å². The lowest BCUT2D eigenvalue weighted by Gasteiger charge is -2.06. The second-order valence-electron chi connectivity index (χ2n) is 3.64. The fraction of sp³-hybridized carbons (Fsp3) is 0.500. The van der Waals surface area contributed by atoms with E-state index < -0.39 is 5.97 Å². The van der Waals surface area contributed by atoms with Gasteiger partial charge in [-0.2, -0.15) is 0 Å². The van der Waals surface area contributed by atoms with Gasteiger partial charge in [-0.05, 0) is 24.3 Å². The number of methoxy groups -OCH3 is 1. The minimum Gasteiger partial charge on any atom is -0.464 e. The van der Waals surface area contributed by atoms with E-state index in [-0.39, 0.29) is 0 Å². The van der Waals surface area contributed by atoms with Crippen molar-refractivity contribution in [2.45, 2.75) is 31.2 Å². The molecular weight excluding hydrogens is 236 g/mol. The lowest BCUT2D eigenvalue weighted by atomic mass is 10.3. The fourth-order valence-corrected chi connectivity index (χ4v) is 2.25.